The third-order valence-corrected chi connectivity index (χ3v) is 3.83. The van der Waals surface area contributed by atoms with Crippen molar-refractivity contribution in [3.8, 4) is 0 Å². The van der Waals surface area contributed by atoms with E-state index in [1.807, 2.05) is 6.92 Å². The average Bonchev–Trinajstić information content (AvgIpc) is 2.98. The van der Waals surface area contributed by atoms with Crippen molar-refractivity contribution in [1.29, 1.82) is 0 Å². The van der Waals surface area contributed by atoms with Crippen molar-refractivity contribution in [2.75, 3.05) is 0 Å². The number of aryl methyl sites for hydroxylation is 1. The monoisotopic (exact) mass is 338 g/mol. The van der Waals surface area contributed by atoms with E-state index < -0.39 is 5.54 Å². The number of nitrogens with one attached hydrogen (secondary N) is 1. The lowest BCUT2D eigenvalue weighted by molar-refractivity contribution is -0.126. The van der Waals surface area contributed by atoms with Gasteiger partial charge >= 0.3 is 0 Å². The fraction of sp³-hybridized carbons (Fsp3) is 0.812. The Balaban J connectivity index is 2.65. The van der Waals surface area contributed by atoms with Gasteiger partial charge in [0.2, 0.25) is 5.91 Å². The lowest BCUT2D eigenvalue weighted by Gasteiger charge is -2.22. The molecule has 1 aromatic rings. The van der Waals surface area contributed by atoms with Crippen LogP contribution in [-0.2, 0) is 16.1 Å². The maximum atomic E-state index is 12.1. The number of ketones is 1. The van der Waals surface area contributed by atoms with Gasteiger partial charge in [0.25, 0.3) is 0 Å². The van der Waals surface area contributed by atoms with Crippen molar-refractivity contribution < 1.29 is 9.59 Å². The van der Waals surface area contributed by atoms with Gasteiger partial charge in [0.05, 0.1) is 18.1 Å². The van der Waals surface area contributed by atoms with E-state index in [0.717, 1.165) is 19.3 Å². The Hall–Kier alpha value is -1.83. The van der Waals surface area contributed by atoms with E-state index in [1.165, 1.54) is 0 Å². The van der Waals surface area contributed by atoms with E-state index >= 15 is 0 Å². The van der Waals surface area contributed by atoms with E-state index in [9.17, 15) is 9.59 Å². The molecule has 0 aliphatic heterocycles. The van der Waals surface area contributed by atoms with E-state index in [1.54, 1.807) is 18.5 Å². The van der Waals surface area contributed by atoms with E-state index in [-0.39, 0.29) is 17.7 Å². The molecule has 0 aliphatic rings. The highest BCUT2D eigenvalue weighted by atomic mass is 16.2. The summed E-state index contributed by atoms with van der Waals surface area (Å²) in [6.07, 6.45) is 4.72. The number of carbonyl (C=O) groups excluding carboxylic acids is 2. The number of rotatable bonds is 11. The lowest BCUT2D eigenvalue weighted by atomic mass is 10.1. The van der Waals surface area contributed by atoms with Crippen LogP contribution in [0.25, 0.3) is 0 Å². The zero-order valence-electron chi connectivity index (χ0n) is 15.2. The van der Waals surface area contributed by atoms with Gasteiger partial charge in [-0.3, -0.25) is 9.59 Å². The molecule has 1 heterocycles. The molecule has 0 spiro atoms. The maximum Gasteiger partial charge on any atom is 0.240 e. The highest BCUT2D eigenvalue weighted by molar-refractivity contribution is 5.85. The van der Waals surface area contributed by atoms with Crippen molar-refractivity contribution in [3.63, 3.8) is 0 Å². The summed E-state index contributed by atoms with van der Waals surface area (Å²) in [6.45, 7) is 7.76. The number of amides is 1. The molecule has 1 amide bonds. The van der Waals surface area contributed by atoms with Gasteiger partial charge in [0.1, 0.15) is 5.78 Å². The van der Waals surface area contributed by atoms with Crippen LogP contribution in [0.15, 0.2) is 0 Å². The van der Waals surface area contributed by atoms with Gasteiger partial charge in [-0.25, -0.2) is 4.68 Å². The first-order valence-corrected chi connectivity index (χ1v) is 8.67. The summed E-state index contributed by atoms with van der Waals surface area (Å²) >= 11 is 0. The number of nitrogens with zero attached hydrogens (tertiary/aromatic N) is 4. The number of nitrogens with two attached hydrogens (primary N) is 1. The Morgan fingerprint density at radius 3 is 2.54 bits per heavy atom. The Labute approximate surface area is 143 Å². The quantitative estimate of drug-likeness (QED) is 0.591. The van der Waals surface area contributed by atoms with E-state index in [4.69, 9.17) is 5.73 Å². The second-order valence-electron chi connectivity index (χ2n) is 6.66. The fourth-order valence-electron chi connectivity index (χ4n) is 2.24. The topological polar surface area (TPSA) is 116 Å². The molecule has 8 heteroatoms. The van der Waals surface area contributed by atoms with Gasteiger partial charge in [-0.15, -0.1) is 5.10 Å². The van der Waals surface area contributed by atoms with Crippen LogP contribution in [0.3, 0.4) is 0 Å². The number of carbonyl (C=O) groups is 2. The molecule has 0 saturated heterocycles. The minimum Gasteiger partial charge on any atom is -0.344 e. The molecule has 0 unspecified atom stereocenters. The molecule has 0 radical (unpaired) electrons. The van der Waals surface area contributed by atoms with Crippen LogP contribution in [0.5, 0.6) is 0 Å². The first kappa shape index (κ1) is 20.2. The highest BCUT2D eigenvalue weighted by Gasteiger charge is 2.27. The van der Waals surface area contributed by atoms with Gasteiger partial charge < -0.3 is 11.1 Å². The van der Waals surface area contributed by atoms with Crippen LogP contribution < -0.4 is 11.1 Å². The second-order valence-corrected chi connectivity index (χ2v) is 6.66. The number of Topliss-reactive ketones (excluding diaryl/α,β-unsaturated/α-hetero) is 1. The third kappa shape index (κ3) is 6.35. The zero-order chi connectivity index (χ0) is 18.2. The summed E-state index contributed by atoms with van der Waals surface area (Å²) < 4.78 is 1.59. The average molecular weight is 338 g/mol. The number of aromatic nitrogens is 4. The Morgan fingerprint density at radius 2 is 1.96 bits per heavy atom. The summed E-state index contributed by atoms with van der Waals surface area (Å²) in [5.74, 6) is 0.501. The van der Waals surface area contributed by atoms with Crippen molar-refractivity contribution in [2.24, 2.45) is 5.73 Å². The van der Waals surface area contributed by atoms with Crippen LogP contribution in [0.2, 0.25) is 0 Å². The Morgan fingerprint density at radius 1 is 1.25 bits per heavy atom. The third-order valence-electron chi connectivity index (χ3n) is 3.83. The predicted octanol–water partition coefficient (Wildman–Crippen LogP) is 1.52. The van der Waals surface area contributed by atoms with Crippen molar-refractivity contribution >= 4 is 11.7 Å². The molecule has 0 fully saturated rings. The maximum absolute atomic E-state index is 12.1. The Kier molecular flexibility index (Phi) is 7.97. The molecule has 8 nitrogen and oxygen atoms in total. The molecule has 1 aromatic heterocycles. The van der Waals surface area contributed by atoms with Crippen LogP contribution in [-0.4, -0.2) is 37.4 Å². The first-order valence-electron chi connectivity index (χ1n) is 8.67. The van der Waals surface area contributed by atoms with Gasteiger partial charge in [0.15, 0.2) is 5.82 Å². The minimum atomic E-state index is -0.971. The molecular weight excluding hydrogens is 308 g/mol. The summed E-state index contributed by atoms with van der Waals surface area (Å²) in [4.78, 5) is 24.0. The smallest absolute Gasteiger partial charge is 0.240 e. The fourth-order valence-corrected chi connectivity index (χ4v) is 2.24. The van der Waals surface area contributed by atoms with Crippen LogP contribution >= 0.6 is 0 Å². The minimum absolute atomic E-state index is 0.213. The van der Waals surface area contributed by atoms with Crippen molar-refractivity contribution in [3.05, 3.63) is 5.82 Å². The summed E-state index contributed by atoms with van der Waals surface area (Å²) in [5.41, 5.74) is 4.84. The molecule has 3 N–H and O–H groups in total. The molecule has 0 aromatic carbocycles. The number of hydrogen-bond acceptors (Lipinski definition) is 6. The number of hydrogen-bond donors (Lipinski definition) is 2. The highest BCUT2D eigenvalue weighted by Crippen LogP contribution is 2.15. The number of unbranched alkanes of at least 4 members (excludes halogenated alkanes) is 2. The largest absolute Gasteiger partial charge is 0.344 e. The van der Waals surface area contributed by atoms with Crippen LogP contribution in [0, 0.1) is 0 Å². The molecule has 1 atom stereocenters. The van der Waals surface area contributed by atoms with Gasteiger partial charge in [-0.1, -0.05) is 26.7 Å². The molecule has 1 rings (SSSR count). The molecule has 24 heavy (non-hydrogen) atoms. The van der Waals surface area contributed by atoms with Crippen molar-refractivity contribution in [1.82, 2.24) is 25.5 Å². The molecular formula is C16H30N6O2. The van der Waals surface area contributed by atoms with Crippen molar-refractivity contribution in [2.45, 2.75) is 84.3 Å². The molecule has 0 bridgehead atoms. The summed E-state index contributed by atoms with van der Waals surface area (Å²) in [7, 11) is 0. The molecule has 0 aliphatic carbocycles. The summed E-state index contributed by atoms with van der Waals surface area (Å²) in [5, 5.41) is 14.5. The SMILES string of the molecule is CCCCCC(=O)CCn1nnnc1[C@@H](CC)NC(=O)C(C)(C)N. The Bertz CT molecular complexity index is 535. The first-order chi connectivity index (χ1) is 11.3. The lowest BCUT2D eigenvalue weighted by Crippen LogP contribution is -2.50. The molecule has 136 valence electrons. The van der Waals surface area contributed by atoms with Crippen LogP contribution in [0.1, 0.15) is 78.1 Å². The van der Waals surface area contributed by atoms with Gasteiger partial charge in [0, 0.05) is 12.8 Å². The van der Waals surface area contributed by atoms with E-state index in [2.05, 4.69) is 27.8 Å². The van der Waals surface area contributed by atoms with E-state index in [0.29, 0.717) is 31.6 Å². The van der Waals surface area contributed by atoms with Crippen LogP contribution in [0.4, 0.5) is 0 Å². The zero-order valence-corrected chi connectivity index (χ0v) is 15.2. The van der Waals surface area contributed by atoms with Gasteiger partial charge in [-0.05, 0) is 37.1 Å². The standard InChI is InChI=1S/C16H30N6O2/c1-5-7-8-9-12(23)10-11-22-14(19-20-21-22)13(6-2)18-15(24)16(3,4)17/h13H,5-11,17H2,1-4H3,(H,18,24)/t13-/m1/s1. The predicted molar refractivity (Wildman–Crippen MR) is 91.0 cm³/mol. The second kappa shape index (κ2) is 9.46. The van der Waals surface area contributed by atoms with Gasteiger partial charge in [-0.2, -0.15) is 0 Å². The number of tetrazole rings is 1. The normalized spacial score (nSPS) is 12.9. The summed E-state index contributed by atoms with van der Waals surface area (Å²) in [6, 6.07) is -0.328. The molecule has 0 saturated carbocycles.